The fraction of sp³-hybridized carbons (Fsp3) is 0.933. The van der Waals surface area contributed by atoms with Crippen LogP contribution in [0.2, 0.25) is 0 Å². The van der Waals surface area contributed by atoms with Gasteiger partial charge in [0.1, 0.15) is 0 Å². The summed E-state index contributed by atoms with van der Waals surface area (Å²) in [7, 11) is 0. The van der Waals surface area contributed by atoms with Crippen LogP contribution in [0.1, 0.15) is 38.5 Å². The van der Waals surface area contributed by atoms with E-state index in [9.17, 15) is 4.79 Å². The van der Waals surface area contributed by atoms with Crippen LogP contribution in [0, 0.1) is 11.3 Å². The molecule has 0 aromatic heterocycles. The van der Waals surface area contributed by atoms with Crippen molar-refractivity contribution in [3.63, 3.8) is 0 Å². The van der Waals surface area contributed by atoms with E-state index in [1.807, 2.05) is 0 Å². The first-order valence-electron chi connectivity index (χ1n) is 7.84. The Morgan fingerprint density at radius 3 is 2.70 bits per heavy atom. The fourth-order valence-electron chi connectivity index (χ4n) is 3.75. The van der Waals surface area contributed by atoms with Gasteiger partial charge < -0.3 is 15.0 Å². The Hall–Kier alpha value is -0.320. The predicted octanol–water partition coefficient (Wildman–Crippen LogP) is 1.83. The molecule has 4 nitrogen and oxygen atoms in total. The molecular weight excluding hydrogens is 276 g/mol. The third-order valence-electron chi connectivity index (χ3n) is 5.30. The zero-order valence-electron chi connectivity index (χ0n) is 12.2. The zero-order valence-corrected chi connectivity index (χ0v) is 13.1. The summed E-state index contributed by atoms with van der Waals surface area (Å²) in [6.45, 7) is 6.02. The van der Waals surface area contributed by atoms with Crippen molar-refractivity contribution in [1.82, 2.24) is 10.2 Å². The normalized spacial score (nSPS) is 28.6. The van der Waals surface area contributed by atoms with E-state index in [2.05, 4.69) is 10.2 Å². The van der Waals surface area contributed by atoms with E-state index in [1.165, 1.54) is 19.3 Å². The maximum atomic E-state index is 12.2. The quantitative estimate of drug-likeness (QED) is 0.865. The Kier molecular flexibility index (Phi) is 5.70. The van der Waals surface area contributed by atoms with Gasteiger partial charge in [0.2, 0.25) is 5.91 Å². The predicted molar refractivity (Wildman–Crippen MR) is 81.1 cm³/mol. The number of carbonyl (C=O) groups is 1. The molecule has 0 radical (unpaired) electrons. The molecule has 0 aromatic rings. The number of rotatable bonds is 3. The second-order valence-corrected chi connectivity index (χ2v) is 6.58. The lowest BCUT2D eigenvalue weighted by molar-refractivity contribution is -0.133. The minimum atomic E-state index is 0. The summed E-state index contributed by atoms with van der Waals surface area (Å²) in [5.74, 6) is 0.992. The van der Waals surface area contributed by atoms with Crippen LogP contribution in [-0.4, -0.2) is 50.2 Å². The minimum absolute atomic E-state index is 0. The molecule has 3 saturated heterocycles. The molecule has 5 heteroatoms. The maximum absolute atomic E-state index is 12.2. The van der Waals surface area contributed by atoms with Crippen molar-refractivity contribution in [2.45, 2.75) is 38.5 Å². The van der Waals surface area contributed by atoms with Crippen LogP contribution in [0.15, 0.2) is 0 Å². The number of piperidine rings is 1. The highest BCUT2D eigenvalue weighted by Crippen LogP contribution is 2.37. The van der Waals surface area contributed by atoms with Gasteiger partial charge in [-0.05, 0) is 50.0 Å². The Labute approximate surface area is 128 Å². The van der Waals surface area contributed by atoms with Crippen molar-refractivity contribution < 1.29 is 9.53 Å². The van der Waals surface area contributed by atoms with Crippen molar-refractivity contribution in [2.24, 2.45) is 11.3 Å². The van der Waals surface area contributed by atoms with Gasteiger partial charge in [-0.25, -0.2) is 0 Å². The van der Waals surface area contributed by atoms with Crippen LogP contribution in [0.5, 0.6) is 0 Å². The maximum Gasteiger partial charge on any atom is 0.222 e. The molecule has 0 bridgehead atoms. The summed E-state index contributed by atoms with van der Waals surface area (Å²) in [5, 5.41) is 3.47. The molecule has 1 N–H and O–H groups in total. The van der Waals surface area contributed by atoms with Crippen LogP contribution >= 0.6 is 12.4 Å². The molecule has 3 fully saturated rings. The summed E-state index contributed by atoms with van der Waals surface area (Å²) in [4.78, 5) is 14.3. The summed E-state index contributed by atoms with van der Waals surface area (Å²) < 4.78 is 5.37. The first kappa shape index (κ1) is 16.1. The van der Waals surface area contributed by atoms with Gasteiger partial charge in [-0.3, -0.25) is 4.79 Å². The molecule has 1 spiro atoms. The van der Waals surface area contributed by atoms with Gasteiger partial charge in [0, 0.05) is 39.3 Å². The van der Waals surface area contributed by atoms with Crippen molar-refractivity contribution in [3.8, 4) is 0 Å². The van der Waals surface area contributed by atoms with Crippen molar-refractivity contribution >= 4 is 18.3 Å². The van der Waals surface area contributed by atoms with Crippen LogP contribution in [0.3, 0.4) is 0 Å². The number of hydrogen-bond donors (Lipinski definition) is 1. The molecule has 1 atom stereocenters. The number of likely N-dealkylation sites (tertiary alicyclic amines) is 1. The smallest absolute Gasteiger partial charge is 0.222 e. The Morgan fingerprint density at radius 1 is 1.30 bits per heavy atom. The van der Waals surface area contributed by atoms with Gasteiger partial charge in [0.25, 0.3) is 0 Å². The molecule has 0 saturated carbocycles. The molecule has 3 aliphatic rings. The van der Waals surface area contributed by atoms with E-state index in [-0.39, 0.29) is 12.4 Å². The summed E-state index contributed by atoms with van der Waals surface area (Å²) >= 11 is 0. The van der Waals surface area contributed by atoms with Crippen molar-refractivity contribution in [1.29, 1.82) is 0 Å². The number of hydrogen-bond acceptors (Lipinski definition) is 3. The number of ether oxygens (including phenoxy) is 1. The highest BCUT2D eigenvalue weighted by atomic mass is 35.5. The topological polar surface area (TPSA) is 41.6 Å². The number of carbonyl (C=O) groups excluding carboxylic acids is 1. The average Bonchev–Trinajstić information content (AvgIpc) is 3.09. The first-order chi connectivity index (χ1) is 9.27. The van der Waals surface area contributed by atoms with E-state index < -0.39 is 0 Å². The lowest BCUT2D eigenvalue weighted by atomic mass is 9.78. The van der Waals surface area contributed by atoms with E-state index in [0.29, 0.717) is 17.2 Å². The highest BCUT2D eigenvalue weighted by Gasteiger charge is 2.37. The van der Waals surface area contributed by atoms with Crippen LogP contribution in [-0.2, 0) is 9.53 Å². The summed E-state index contributed by atoms with van der Waals surface area (Å²) in [6.07, 6.45) is 6.56. The molecule has 0 aliphatic carbocycles. The van der Waals surface area contributed by atoms with Crippen LogP contribution in [0.4, 0.5) is 0 Å². The lowest BCUT2D eigenvalue weighted by Crippen LogP contribution is -2.44. The van der Waals surface area contributed by atoms with Gasteiger partial charge in [-0.1, -0.05) is 0 Å². The fourth-order valence-corrected chi connectivity index (χ4v) is 3.75. The molecule has 1 amide bonds. The second kappa shape index (κ2) is 7.10. The number of nitrogens with zero attached hydrogens (tertiary/aromatic N) is 1. The highest BCUT2D eigenvalue weighted by molar-refractivity contribution is 5.85. The number of nitrogens with one attached hydrogen (secondary N) is 1. The molecule has 3 rings (SSSR count). The third-order valence-corrected chi connectivity index (χ3v) is 5.30. The summed E-state index contributed by atoms with van der Waals surface area (Å²) in [5.41, 5.74) is 0.510. The lowest BCUT2D eigenvalue weighted by Gasteiger charge is -2.39. The first-order valence-corrected chi connectivity index (χ1v) is 7.84. The minimum Gasteiger partial charge on any atom is -0.381 e. The molecule has 0 aromatic carbocycles. The van der Waals surface area contributed by atoms with E-state index in [4.69, 9.17) is 4.74 Å². The van der Waals surface area contributed by atoms with E-state index >= 15 is 0 Å². The van der Waals surface area contributed by atoms with Gasteiger partial charge in [0.05, 0.1) is 0 Å². The Balaban J connectivity index is 0.00000147. The zero-order chi connectivity index (χ0) is 13.1. The Morgan fingerprint density at radius 2 is 2.10 bits per heavy atom. The molecule has 116 valence electrons. The molecule has 1 unspecified atom stereocenters. The van der Waals surface area contributed by atoms with Gasteiger partial charge >= 0.3 is 0 Å². The molecule has 3 heterocycles. The molecule has 20 heavy (non-hydrogen) atoms. The van der Waals surface area contributed by atoms with Gasteiger partial charge in [-0.15, -0.1) is 12.4 Å². The van der Waals surface area contributed by atoms with Crippen molar-refractivity contribution in [3.05, 3.63) is 0 Å². The molecule has 3 aliphatic heterocycles. The standard InChI is InChI=1S/C15H26N2O2.ClH/c18-14(2-1-13-3-10-19-11-13)17-8-5-15(6-9-17)4-7-16-12-15;/h13,16H,1-12H2;1H. The Bertz CT molecular complexity index is 316. The summed E-state index contributed by atoms with van der Waals surface area (Å²) in [6, 6.07) is 0. The number of halogens is 1. The van der Waals surface area contributed by atoms with Gasteiger partial charge in [0.15, 0.2) is 0 Å². The average molecular weight is 303 g/mol. The SMILES string of the molecule is Cl.O=C(CCC1CCOC1)N1CCC2(CCNC2)CC1. The largest absolute Gasteiger partial charge is 0.381 e. The van der Waals surface area contributed by atoms with Crippen LogP contribution in [0.25, 0.3) is 0 Å². The van der Waals surface area contributed by atoms with Crippen molar-refractivity contribution in [2.75, 3.05) is 39.4 Å². The van der Waals surface area contributed by atoms with Gasteiger partial charge in [-0.2, -0.15) is 0 Å². The monoisotopic (exact) mass is 302 g/mol. The number of amides is 1. The van der Waals surface area contributed by atoms with Crippen LogP contribution < -0.4 is 5.32 Å². The molecular formula is C15H27ClN2O2. The van der Waals surface area contributed by atoms with E-state index in [1.54, 1.807) is 0 Å². The van der Waals surface area contributed by atoms with E-state index in [0.717, 1.165) is 58.7 Å². The third kappa shape index (κ3) is 3.66. The second-order valence-electron chi connectivity index (χ2n) is 6.58.